The first-order valence-electron chi connectivity index (χ1n) is 4.66. The minimum absolute atomic E-state index is 0. The summed E-state index contributed by atoms with van der Waals surface area (Å²) in [5.41, 5.74) is 0.832. The molecule has 0 radical (unpaired) electrons. The summed E-state index contributed by atoms with van der Waals surface area (Å²) in [6, 6.07) is 4.59. The molecule has 1 fully saturated rings. The fourth-order valence-corrected chi connectivity index (χ4v) is 1.90. The molecule has 1 saturated heterocycles. The Kier molecular flexibility index (Phi) is 4.80. The second kappa shape index (κ2) is 5.66. The minimum Gasteiger partial charge on any atom is -0.314 e. The third kappa shape index (κ3) is 3.05. The average Bonchev–Trinajstić information content (AvgIpc) is 2.23. The zero-order valence-electron chi connectivity index (χ0n) is 8.09. The Morgan fingerprint density at radius 3 is 2.80 bits per heavy atom. The van der Waals surface area contributed by atoms with Crippen LogP contribution < -0.4 is 10.6 Å². The van der Waals surface area contributed by atoms with Crippen LogP contribution in [0.2, 0.25) is 5.02 Å². The molecule has 15 heavy (non-hydrogen) atoms. The first-order chi connectivity index (χ1) is 6.77. The standard InChI is InChI=1S/C10H12ClFN2.ClH/c11-9-2-1-7(12)5-8(9)10-6-13-3-4-14-10;/h1-2,5,10,13-14H,3-4,6H2;1H/t10-;/m1./s1. The molecule has 1 aromatic carbocycles. The Morgan fingerprint density at radius 1 is 1.33 bits per heavy atom. The van der Waals surface area contributed by atoms with E-state index in [-0.39, 0.29) is 24.3 Å². The van der Waals surface area contributed by atoms with Gasteiger partial charge in [-0.15, -0.1) is 12.4 Å². The van der Waals surface area contributed by atoms with Crippen molar-refractivity contribution in [2.45, 2.75) is 6.04 Å². The molecule has 84 valence electrons. The highest BCUT2D eigenvalue weighted by Crippen LogP contribution is 2.24. The lowest BCUT2D eigenvalue weighted by Gasteiger charge is -2.25. The van der Waals surface area contributed by atoms with Crippen molar-refractivity contribution in [2.75, 3.05) is 19.6 Å². The van der Waals surface area contributed by atoms with Crippen molar-refractivity contribution in [1.82, 2.24) is 10.6 Å². The Morgan fingerprint density at radius 2 is 2.13 bits per heavy atom. The third-order valence-electron chi connectivity index (χ3n) is 2.37. The van der Waals surface area contributed by atoms with E-state index in [1.807, 2.05) is 0 Å². The van der Waals surface area contributed by atoms with Crippen molar-refractivity contribution in [1.29, 1.82) is 0 Å². The number of nitrogens with one attached hydrogen (secondary N) is 2. The van der Waals surface area contributed by atoms with Gasteiger partial charge >= 0.3 is 0 Å². The van der Waals surface area contributed by atoms with Crippen LogP contribution in [-0.4, -0.2) is 19.6 Å². The number of hydrogen-bond donors (Lipinski definition) is 2. The minimum atomic E-state index is -0.239. The second-order valence-corrected chi connectivity index (χ2v) is 3.78. The third-order valence-corrected chi connectivity index (χ3v) is 2.72. The van der Waals surface area contributed by atoms with Gasteiger partial charge in [0.25, 0.3) is 0 Å². The highest BCUT2D eigenvalue weighted by Gasteiger charge is 2.17. The van der Waals surface area contributed by atoms with Crippen LogP contribution in [0, 0.1) is 5.82 Å². The van der Waals surface area contributed by atoms with Gasteiger partial charge in [0.1, 0.15) is 5.82 Å². The van der Waals surface area contributed by atoms with Crippen LogP contribution in [0.15, 0.2) is 18.2 Å². The molecule has 1 aromatic rings. The fraction of sp³-hybridized carbons (Fsp3) is 0.400. The molecule has 1 atom stereocenters. The summed E-state index contributed by atoms with van der Waals surface area (Å²) in [7, 11) is 0. The van der Waals surface area contributed by atoms with E-state index in [2.05, 4.69) is 10.6 Å². The lowest BCUT2D eigenvalue weighted by molar-refractivity contribution is 0.429. The highest BCUT2D eigenvalue weighted by atomic mass is 35.5. The van der Waals surface area contributed by atoms with Crippen molar-refractivity contribution in [3.63, 3.8) is 0 Å². The normalized spacial score (nSPS) is 20.8. The molecular formula is C10H13Cl2FN2. The van der Waals surface area contributed by atoms with Crippen LogP contribution in [-0.2, 0) is 0 Å². The molecule has 0 amide bonds. The van der Waals surface area contributed by atoms with Crippen LogP contribution >= 0.6 is 24.0 Å². The molecule has 0 spiro atoms. The van der Waals surface area contributed by atoms with E-state index in [0.29, 0.717) is 5.02 Å². The molecule has 2 N–H and O–H groups in total. The van der Waals surface area contributed by atoms with Gasteiger partial charge < -0.3 is 10.6 Å². The summed E-state index contributed by atoms with van der Waals surface area (Å²) in [5, 5.41) is 7.14. The average molecular weight is 251 g/mol. The number of rotatable bonds is 1. The molecule has 1 aliphatic heterocycles. The predicted octanol–water partition coefficient (Wildman–Crippen LogP) is 2.13. The van der Waals surface area contributed by atoms with Crippen LogP contribution in [0.5, 0.6) is 0 Å². The molecule has 5 heteroatoms. The lowest BCUT2D eigenvalue weighted by Crippen LogP contribution is -2.42. The van der Waals surface area contributed by atoms with Gasteiger partial charge in [0.2, 0.25) is 0 Å². The molecule has 0 unspecified atom stereocenters. The Balaban J connectivity index is 0.00000112. The molecule has 0 aromatic heterocycles. The highest BCUT2D eigenvalue weighted by molar-refractivity contribution is 6.31. The van der Waals surface area contributed by atoms with Gasteiger partial charge in [0, 0.05) is 30.7 Å². The topological polar surface area (TPSA) is 24.1 Å². The van der Waals surface area contributed by atoms with Gasteiger partial charge in [-0.2, -0.15) is 0 Å². The van der Waals surface area contributed by atoms with E-state index in [4.69, 9.17) is 11.6 Å². The quantitative estimate of drug-likeness (QED) is 0.799. The van der Waals surface area contributed by atoms with Crippen molar-refractivity contribution < 1.29 is 4.39 Å². The van der Waals surface area contributed by atoms with Crippen molar-refractivity contribution in [3.05, 3.63) is 34.6 Å². The fourth-order valence-electron chi connectivity index (χ4n) is 1.65. The Hall–Kier alpha value is -0.350. The van der Waals surface area contributed by atoms with E-state index in [1.165, 1.54) is 12.1 Å². The number of piperazine rings is 1. The Bertz CT molecular complexity index is 327. The van der Waals surface area contributed by atoms with E-state index >= 15 is 0 Å². The maximum atomic E-state index is 13.0. The summed E-state index contributed by atoms with van der Waals surface area (Å²) < 4.78 is 13.0. The smallest absolute Gasteiger partial charge is 0.123 e. The first-order valence-corrected chi connectivity index (χ1v) is 5.04. The number of halogens is 3. The van der Waals surface area contributed by atoms with Gasteiger partial charge in [0.05, 0.1) is 0 Å². The molecule has 2 nitrogen and oxygen atoms in total. The second-order valence-electron chi connectivity index (χ2n) is 3.38. The Labute approximate surface area is 99.6 Å². The van der Waals surface area contributed by atoms with Crippen LogP contribution in [0.3, 0.4) is 0 Å². The van der Waals surface area contributed by atoms with E-state index in [1.54, 1.807) is 6.07 Å². The van der Waals surface area contributed by atoms with Gasteiger partial charge in [-0.3, -0.25) is 0 Å². The van der Waals surface area contributed by atoms with E-state index < -0.39 is 0 Å². The summed E-state index contributed by atoms with van der Waals surface area (Å²) in [5.74, 6) is -0.239. The van der Waals surface area contributed by atoms with Gasteiger partial charge in [-0.1, -0.05) is 11.6 Å². The SMILES string of the molecule is Cl.Fc1ccc(Cl)c([C@H]2CNCCN2)c1. The van der Waals surface area contributed by atoms with Crippen molar-refractivity contribution in [3.8, 4) is 0 Å². The molecular weight excluding hydrogens is 238 g/mol. The number of hydrogen-bond acceptors (Lipinski definition) is 2. The predicted molar refractivity (Wildman–Crippen MR) is 62.3 cm³/mol. The van der Waals surface area contributed by atoms with Gasteiger partial charge in [-0.25, -0.2) is 4.39 Å². The zero-order valence-corrected chi connectivity index (χ0v) is 9.67. The van der Waals surface area contributed by atoms with Crippen molar-refractivity contribution in [2.24, 2.45) is 0 Å². The molecule has 2 rings (SSSR count). The summed E-state index contributed by atoms with van der Waals surface area (Å²) in [6.07, 6.45) is 0. The molecule has 0 saturated carbocycles. The maximum Gasteiger partial charge on any atom is 0.123 e. The summed E-state index contributed by atoms with van der Waals surface area (Å²) >= 11 is 6.00. The van der Waals surface area contributed by atoms with E-state index in [0.717, 1.165) is 25.2 Å². The van der Waals surface area contributed by atoms with E-state index in [9.17, 15) is 4.39 Å². The molecule has 0 bridgehead atoms. The van der Waals surface area contributed by atoms with Crippen LogP contribution in [0.1, 0.15) is 11.6 Å². The molecule has 1 aliphatic rings. The van der Waals surface area contributed by atoms with Crippen LogP contribution in [0.25, 0.3) is 0 Å². The zero-order chi connectivity index (χ0) is 9.97. The summed E-state index contributed by atoms with van der Waals surface area (Å²) in [6.45, 7) is 2.63. The maximum absolute atomic E-state index is 13.0. The summed E-state index contributed by atoms with van der Waals surface area (Å²) in [4.78, 5) is 0. The molecule has 0 aliphatic carbocycles. The van der Waals surface area contributed by atoms with Crippen LogP contribution in [0.4, 0.5) is 4.39 Å². The van der Waals surface area contributed by atoms with Gasteiger partial charge in [0.15, 0.2) is 0 Å². The largest absolute Gasteiger partial charge is 0.314 e. The number of benzene rings is 1. The monoisotopic (exact) mass is 250 g/mol. The lowest BCUT2D eigenvalue weighted by atomic mass is 10.1. The first kappa shape index (κ1) is 12.7. The van der Waals surface area contributed by atoms with Crippen molar-refractivity contribution >= 4 is 24.0 Å². The molecule has 1 heterocycles. The van der Waals surface area contributed by atoms with Gasteiger partial charge in [-0.05, 0) is 23.8 Å².